The number of pyridine rings is 1. The zero-order chi connectivity index (χ0) is 23.3. The minimum Gasteiger partial charge on any atom is -0.381 e. The molecule has 0 amide bonds. The zero-order valence-corrected chi connectivity index (χ0v) is 18.6. The average molecular weight is 456 g/mol. The number of aromatic nitrogens is 3. The molecule has 1 aliphatic heterocycles. The lowest BCUT2D eigenvalue weighted by atomic mass is 9.97. The summed E-state index contributed by atoms with van der Waals surface area (Å²) in [6.07, 6.45) is 3.25. The molecule has 1 aromatic carbocycles. The molecule has 1 aliphatic carbocycles. The van der Waals surface area contributed by atoms with Gasteiger partial charge < -0.3 is 14.6 Å². The van der Waals surface area contributed by atoms with Gasteiger partial charge in [-0.2, -0.15) is 5.10 Å². The highest BCUT2D eigenvalue weighted by Gasteiger charge is 2.40. The number of anilines is 1. The molecule has 2 aliphatic rings. The van der Waals surface area contributed by atoms with Crippen molar-refractivity contribution in [1.29, 1.82) is 0 Å². The SMILES string of the molecule is C[C@H](Nc1nn(C)c(=O)c2cc(=O)n(C3CCOCC3)cc12)c1cccc2c1CCC2(F)F. The van der Waals surface area contributed by atoms with Crippen LogP contribution in [-0.4, -0.2) is 27.6 Å². The Bertz CT molecular complexity index is 1340. The Morgan fingerprint density at radius 3 is 2.73 bits per heavy atom. The molecule has 0 unspecified atom stereocenters. The van der Waals surface area contributed by atoms with Gasteiger partial charge in [-0.15, -0.1) is 0 Å². The number of benzene rings is 1. The van der Waals surface area contributed by atoms with Gasteiger partial charge in [0.2, 0.25) is 0 Å². The van der Waals surface area contributed by atoms with Crippen LogP contribution in [0.1, 0.15) is 55.0 Å². The Balaban J connectivity index is 1.58. The first-order chi connectivity index (χ1) is 15.8. The van der Waals surface area contributed by atoms with Crippen molar-refractivity contribution < 1.29 is 13.5 Å². The summed E-state index contributed by atoms with van der Waals surface area (Å²) < 4.78 is 36.8. The van der Waals surface area contributed by atoms with Crippen LogP contribution in [0.25, 0.3) is 10.8 Å². The third-order valence-electron chi connectivity index (χ3n) is 6.81. The molecule has 1 N–H and O–H groups in total. The van der Waals surface area contributed by atoms with E-state index in [-0.39, 0.29) is 40.6 Å². The molecule has 0 bridgehead atoms. The van der Waals surface area contributed by atoms with Crippen molar-refractivity contribution in [2.24, 2.45) is 7.05 Å². The normalized spacial score (nSPS) is 18.9. The van der Waals surface area contributed by atoms with E-state index in [1.165, 1.54) is 23.9 Å². The number of hydrogen-bond donors (Lipinski definition) is 1. The number of alkyl halides is 2. The summed E-state index contributed by atoms with van der Waals surface area (Å²) in [6, 6.07) is 6.02. The Morgan fingerprint density at radius 2 is 1.97 bits per heavy atom. The maximum absolute atomic E-state index is 14.3. The molecule has 174 valence electrons. The fourth-order valence-corrected chi connectivity index (χ4v) is 5.02. The standard InChI is InChI=1S/C24H26F2N4O3/c1-14(16-4-3-5-20-17(16)6-9-24(20,25)26)27-22-19-13-30(15-7-10-33-11-8-15)21(31)12-18(19)23(32)29(2)28-22/h3-5,12-15H,6-11H2,1-2H3,(H,27,28)/t14-/m0/s1. The van der Waals surface area contributed by atoms with E-state index in [2.05, 4.69) is 10.4 Å². The Hall–Kier alpha value is -3.07. The van der Waals surface area contributed by atoms with Crippen molar-refractivity contribution in [1.82, 2.24) is 14.3 Å². The van der Waals surface area contributed by atoms with Gasteiger partial charge in [0.15, 0.2) is 5.82 Å². The molecule has 33 heavy (non-hydrogen) atoms. The van der Waals surface area contributed by atoms with Crippen LogP contribution in [0.3, 0.4) is 0 Å². The molecule has 7 nitrogen and oxygen atoms in total. The van der Waals surface area contributed by atoms with E-state index >= 15 is 0 Å². The number of ether oxygens (including phenoxy) is 1. The largest absolute Gasteiger partial charge is 0.381 e. The Morgan fingerprint density at radius 1 is 1.21 bits per heavy atom. The van der Waals surface area contributed by atoms with Gasteiger partial charge in [0, 0.05) is 55.9 Å². The van der Waals surface area contributed by atoms with Crippen molar-refractivity contribution in [2.45, 2.75) is 50.6 Å². The maximum Gasteiger partial charge on any atom is 0.274 e. The van der Waals surface area contributed by atoms with Gasteiger partial charge in [-0.05, 0) is 37.3 Å². The quantitative estimate of drug-likeness (QED) is 0.648. The van der Waals surface area contributed by atoms with E-state index in [0.29, 0.717) is 49.2 Å². The number of nitrogens with zero attached hydrogens (tertiary/aromatic N) is 3. The third-order valence-corrected chi connectivity index (χ3v) is 6.81. The van der Waals surface area contributed by atoms with Crippen LogP contribution in [0.4, 0.5) is 14.6 Å². The van der Waals surface area contributed by atoms with Crippen LogP contribution in [0, 0.1) is 0 Å². The molecule has 0 radical (unpaired) electrons. The van der Waals surface area contributed by atoms with Crippen LogP contribution in [0.5, 0.6) is 0 Å². The topological polar surface area (TPSA) is 78.2 Å². The van der Waals surface area contributed by atoms with Gasteiger partial charge in [0.1, 0.15) is 0 Å². The average Bonchev–Trinajstić information content (AvgIpc) is 3.12. The molecule has 1 fully saturated rings. The monoisotopic (exact) mass is 456 g/mol. The second kappa shape index (κ2) is 8.06. The number of fused-ring (bicyclic) bond motifs is 2. The molecule has 9 heteroatoms. The first kappa shape index (κ1) is 21.8. The summed E-state index contributed by atoms with van der Waals surface area (Å²) in [5.41, 5.74) is 0.932. The number of aryl methyl sites for hydroxylation is 1. The van der Waals surface area contributed by atoms with E-state index in [0.717, 1.165) is 5.56 Å². The summed E-state index contributed by atoms with van der Waals surface area (Å²) in [4.78, 5) is 25.5. The second-order valence-electron chi connectivity index (χ2n) is 8.91. The van der Waals surface area contributed by atoms with E-state index < -0.39 is 5.92 Å². The second-order valence-corrected chi connectivity index (χ2v) is 8.91. The lowest BCUT2D eigenvalue weighted by molar-refractivity contribution is -0.00184. The number of rotatable bonds is 4. The third kappa shape index (κ3) is 3.74. The maximum atomic E-state index is 14.3. The van der Waals surface area contributed by atoms with Gasteiger partial charge in [0.05, 0.1) is 11.4 Å². The van der Waals surface area contributed by atoms with Gasteiger partial charge in [-0.25, -0.2) is 13.5 Å². The first-order valence-electron chi connectivity index (χ1n) is 11.2. The lowest BCUT2D eigenvalue weighted by Gasteiger charge is -2.25. The van der Waals surface area contributed by atoms with Crippen molar-refractivity contribution in [2.75, 3.05) is 18.5 Å². The molecule has 2 aromatic heterocycles. The molecule has 5 rings (SSSR count). The van der Waals surface area contributed by atoms with E-state index in [4.69, 9.17) is 4.74 Å². The summed E-state index contributed by atoms with van der Waals surface area (Å²) in [5, 5.41) is 8.54. The fourth-order valence-electron chi connectivity index (χ4n) is 5.02. The van der Waals surface area contributed by atoms with Crippen molar-refractivity contribution in [3.63, 3.8) is 0 Å². The Labute approximate surface area is 189 Å². The molecule has 1 atom stereocenters. The van der Waals surface area contributed by atoms with Crippen LogP contribution >= 0.6 is 0 Å². The summed E-state index contributed by atoms with van der Waals surface area (Å²) in [7, 11) is 1.53. The van der Waals surface area contributed by atoms with E-state index in [9.17, 15) is 18.4 Å². The predicted molar refractivity (Wildman–Crippen MR) is 121 cm³/mol. The Kier molecular flexibility index (Phi) is 5.31. The van der Waals surface area contributed by atoms with Crippen LogP contribution in [0.15, 0.2) is 40.1 Å². The molecule has 3 heterocycles. The van der Waals surface area contributed by atoms with Gasteiger partial charge >= 0.3 is 0 Å². The first-order valence-corrected chi connectivity index (χ1v) is 11.2. The summed E-state index contributed by atoms with van der Waals surface area (Å²) in [5.74, 6) is -2.38. The minimum absolute atomic E-state index is 0.00962. The van der Waals surface area contributed by atoms with Gasteiger partial charge in [0.25, 0.3) is 17.0 Å². The highest BCUT2D eigenvalue weighted by atomic mass is 19.3. The van der Waals surface area contributed by atoms with Crippen molar-refractivity contribution in [3.8, 4) is 0 Å². The lowest BCUT2D eigenvalue weighted by Crippen LogP contribution is -2.30. The molecule has 0 spiro atoms. The molecule has 1 saturated heterocycles. The number of nitrogens with one attached hydrogen (secondary N) is 1. The summed E-state index contributed by atoms with van der Waals surface area (Å²) in [6.45, 7) is 3.05. The number of halogens is 2. The van der Waals surface area contributed by atoms with E-state index in [1.54, 1.807) is 16.8 Å². The molecule has 0 saturated carbocycles. The predicted octanol–water partition coefficient (Wildman–Crippen LogP) is 3.66. The highest BCUT2D eigenvalue weighted by Crippen LogP contribution is 2.44. The van der Waals surface area contributed by atoms with Crippen molar-refractivity contribution >= 4 is 16.6 Å². The minimum atomic E-state index is -2.81. The molecule has 3 aromatic rings. The highest BCUT2D eigenvalue weighted by molar-refractivity contribution is 5.90. The van der Waals surface area contributed by atoms with E-state index in [1.807, 2.05) is 13.0 Å². The number of hydrogen-bond acceptors (Lipinski definition) is 5. The van der Waals surface area contributed by atoms with Crippen LogP contribution < -0.4 is 16.4 Å². The van der Waals surface area contributed by atoms with Gasteiger partial charge in [-0.3, -0.25) is 9.59 Å². The van der Waals surface area contributed by atoms with Crippen molar-refractivity contribution in [3.05, 3.63) is 67.9 Å². The summed E-state index contributed by atoms with van der Waals surface area (Å²) >= 11 is 0. The van der Waals surface area contributed by atoms with Gasteiger partial charge in [-0.1, -0.05) is 18.2 Å². The molecular weight excluding hydrogens is 430 g/mol. The zero-order valence-electron chi connectivity index (χ0n) is 18.6. The smallest absolute Gasteiger partial charge is 0.274 e. The van der Waals surface area contributed by atoms with Crippen LogP contribution in [-0.2, 0) is 24.1 Å². The fraction of sp³-hybridized carbons (Fsp3) is 0.458. The molecular formula is C24H26F2N4O3. The van der Waals surface area contributed by atoms with Crippen LogP contribution in [0.2, 0.25) is 0 Å².